The first-order chi connectivity index (χ1) is 8.10. The monoisotopic (exact) mass is 295 g/mol. The van der Waals surface area contributed by atoms with Gasteiger partial charge in [-0.05, 0) is 40.5 Å². The van der Waals surface area contributed by atoms with Crippen LogP contribution in [0.2, 0.25) is 0 Å². The van der Waals surface area contributed by atoms with Crippen molar-refractivity contribution in [3.05, 3.63) is 40.0 Å². The molecular formula is C12H14BrN3O. The number of anilines is 1. The first-order valence-electron chi connectivity index (χ1n) is 5.22. The summed E-state index contributed by atoms with van der Waals surface area (Å²) in [7, 11) is 1.65. The quantitative estimate of drug-likeness (QED) is 0.947. The molecule has 0 fully saturated rings. The van der Waals surface area contributed by atoms with Crippen LogP contribution in [-0.4, -0.2) is 16.9 Å². The zero-order valence-corrected chi connectivity index (χ0v) is 11.4. The Balaban J connectivity index is 2.24. The van der Waals surface area contributed by atoms with E-state index in [-0.39, 0.29) is 0 Å². The molecule has 2 aromatic rings. The highest BCUT2D eigenvalue weighted by atomic mass is 79.9. The minimum atomic E-state index is 0.655. The third kappa shape index (κ3) is 2.61. The zero-order chi connectivity index (χ0) is 12.4. The summed E-state index contributed by atoms with van der Waals surface area (Å²) in [6, 6.07) is 7.79. The van der Waals surface area contributed by atoms with E-state index in [0.717, 1.165) is 21.5 Å². The molecule has 1 aromatic heterocycles. The molecule has 0 aliphatic carbocycles. The first-order valence-corrected chi connectivity index (χ1v) is 6.02. The lowest BCUT2D eigenvalue weighted by Gasteiger charge is -2.07. The maximum Gasteiger partial charge on any atom is 0.133 e. The van der Waals surface area contributed by atoms with E-state index >= 15 is 0 Å². The SMILES string of the molecule is COc1ccc(Cn2nc(C)cc2N)cc1Br. The highest BCUT2D eigenvalue weighted by Gasteiger charge is 2.05. The maximum atomic E-state index is 5.85. The van der Waals surface area contributed by atoms with Crippen molar-refractivity contribution in [3.63, 3.8) is 0 Å². The Hall–Kier alpha value is -1.49. The number of benzene rings is 1. The van der Waals surface area contributed by atoms with Crippen molar-refractivity contribution in [3.8, 4) is 5.75 Å². The average molecular weight is 296 g/mol. The summed E-state index contributed by atoms with van der Waals surface area (Å²) < 4.78 is 7.90. The second kappa shape index (κ2) is 4.79. The molecule has 17 heavy (non-hydrogen) atoms. The van der Waals surface area contributed by atoms with Gasteiger partial charge in [0.2, 0.25) is 0 Å². The van der Waals surface area contributed by atoms with Gasteiger partial charge in [0.1, 0.15) is 11.6 Å². The molecule has 0 amide bonds. The van der Waals surface area contributed by atoms with E-state index in [1.54, 1.807) is 11.8 Å². The third-order valence-corrected chi connectivity index (χ3v) is 3.10. The van der Waals surface area contributed by atoms with Gasteiger partial charge in [-0.15, -0.1) is 0 Å². The number of aromatic nitrogens is 2. The molecule has 0 aliphatic rings. The molecule has 0 atom stereocenters. The molecular weight excluding hydrogens is 282 g/mol. The largest absolute Gasteiger partial charge is 0.496 e. The summed E-state index contributed by atoms with van der Waals surface area (Å²) in [6.45, 7) is 2.58. The van der Waals surface area contributed by atoms with Crippen LogP contribution < -0.4 is 10.5 Å². The van der Waals surface area contributed by atoms with E-state index in [1.165, 1.54) is 0 Å². The van der Waals surface area contributed by atoms with Crippen LogP contribution in [0.15, 0.2) is 28.7 Å². The molecule has 0 spiro atoms. The van der Waals surface area contributed by atoms with Crippen molar-refractivity contribution < 1.29 is 4.74 Å². The zero-order valence-electron chi connectivity index (χ0n) is 9.77. The van der Waals surface area contributed by atoms with Gasteiger partial charge in [-0.25, -0.2) is 4.68 Å². The van der Waals surface area contributed by atoms with E-state index in [1.807, 2.05) is 31.2 Å². The number of nitrogens with two attached hydrogens (primary N) is 1. The summed E-state index contributed by atoms with van der Waals surface area (Å²) in [6.07, 6.45) is 0. The van der Waals surface area contributed by atoms with Crippen LogP contribution in [0.25, 0.3) is 0 Å². The van der Waals surface area contributed by atoms with Crippen molar-refractivity contribution in [1.82, 2.24) is 9.78 Å². The van der Waals surface area contributed by atoms with E-state index in [4.69, 9.17) is 10.5 Å². The van der Waals surface area contributed by atoms with Crippen LogP contribution in [0.1, 0.15) is 11.3 Å². The summed E-state index contributed by atoms with van der Waals surface area (Å²) >= 11 is 3.46. The molecule has 5 heteroatoms. The van der Waals surface area contributed by atoms with Crippen LogP contribution in [0.3, 0.4) is 0 Å². The third-order valence-electron chi connectivity index (χ3n) is 2.48. The lowest BCUT2D eigenvalue weighted by molar-refractivity contribution is 0.412. The Morgan fingerprint density at radius 2 is 2.18 bits per heavy atom. The number of methoxy groups -OCH3 is 1. The summed E-state index contributed by atoms with van der Waals surface area (Å²) in [5, 5.41) is 4.32. The van der Waals surface area contributed by atoms with Gasteiger partial charge in [0.15, 0.2) is 0 Å². The van der Waals surface area contributed by atoms with Crippen LogP contribution in [0, 0.1) is 6.92 Å². The van der Waals surface area contributed by atoms with E-state index in [0.29, 0.717) is 12.4 Å². The number of aryl methyl sites for hydroxylation is 1. The number of halogens is 1. The Labute approximate surface area is 109 Å². The van der Waals surface area contributed by atoms with Gasteiger partial charge in [-0.1, -0.05) is 6.07 Å². The highest BCUT2D eigenvalue weighted by Crippen LogP contribution is 2.26. The molecule has 0 aliphatic heterocycles. The van der Waals surface area contributed by atoms with Crippen molar-refractivity contribution >= 4 is 21.7 Å². The van der Waals surface area contributed by atoms with Crippen LogP contribution in [0.4, 0.5) is 5.82 Å². The van der Waals surface area contributed by atoms with Gasteiger partial charge in [-0.2, -0.15) is 5.10 Å². The number of nitrogen functional groups attached to an aromatic ring is 1. The Morgan fingerprint density at radius 1 is 1.41 bits per heavy atom. The van der Waals surface area contributed by atoms with Gasteiger partial charge in [-0.3, -0.25) is 0 Å². The summed E-state index contributed by atoms with van der Waals surface area (Å²) in [4.78, 5) is 0. The van der Waals surface area contributed by atoms with Gasteiger partial charge in [0, 0.05) is 6.07 Å². The average Bonchev–Trinajstić information content (AvgIpc) is 2.58. The maximum absolute atomic E-state index is 5.85. The van der Waals surface area contributed by atoms with Crippen LogP contribution >= 0.6 is 15.9 Å². The molecule has 1 heterocycles. The summed E-state index contributed by atoms with van der Waals surface area (Å²) in [5.74, 6) is 1.49. The number of hydrogen-bond acceptors (Lipinski definition) is 3. The molecule has 90 valence electrons. The topological polar surface area (TPSA) is 53.1 Å². The molecule has 2 N–H and O–H groups in total. The minimum absolute atomic E-state index is 0.655. The lowest BCUT2D eigenvalue weighted by atomic mass is 10.2. The molecule has 0 radical (unpaired) electrons. The second-order valence-corrected chi connectivity index (χ2v) is 4.69. The molecule has 0 unspecified atom stereocenters. The van der Waals surface area contributed by atoms with Crippen LogP contribution in [0.5, 0.6) is 5.75 Å². The van der Waals surface area contributed by atoms with Gasteiger partial charge >= 0.3 is 0 Å². The number of hydrogen-bond donors (Lipinski definition) is 1. The van der Waals surface area contributed by atoms with Crippen molar-refractivity contribution in [1.29, 1.82) is 0 Å². The second-order valence-electron chi connectivity index (χ2n) is 3.84. The fourth-order valence-corrected chi connectivity index (χ4v) is 2.26. The molecule has 2 rings (SSSR count). The highest BCUT2D eigenvalue weighted by molar-refractivity contribution is 9.10. The predicted molar refractivity (Wildman–Crippen MR) is 71.2 cm³/mol. The van der Waals surface area contributed by atoms with E-state index in [2.05, 4.69) is 21.0 Å². The molecule has 1 aromatic carbocycles. The fraction of sp³-hybridized carbons (Fsp3) is 0.250. The predicted octanol–water partition coefficient (Wildman–Crippen LogP) is 2.59. The summed E-state index contributed by atoms with van der Waals surface area (Å²) in [5.41, 5.74) is 7.89. The molecule has 0 bridgehead atoms. The normalized spacial score (nSPS) is 10.5. The smallest absolute Gasteiger partial charge is 0.133 e. The van der Waals surface area contributed by atoms with Gasteiger partial charge < -0.3 is 10.5 Å². The van der Waals surface area contributed by atoms with Crippen LogP contribution in [-0.2, 0) is 6.54 Å². The van der Waals surface area contributed by atoms with Crippen molar-refractivity contribution in [2.24, 2.45) is 0 Å². The van der Waals surface area contributed by atoms with Gasteiger partial charge in [0.25, 0.3) is 0 Å². The first kappa shape index (κ1) is 12.0. The Kier molecular flexibility index (Phi) is 3.38. The number of ether oxygens (including phenoxy) is 1. The van der Waals surface area contributed by atoms with Crippen molar-refractivity contribution in [2.75, 3.05) is 12.8 Å². The molecule has 0 saturated carbocycles. The Morgan fingerprint density at radius 3 is 2.71 bits per heavy atom. The fourth-order valence-electron chi connectivity index (χ4n) is 1.67. The molecule has 0 saturated heterocycles. The number of rotatable bonds is 3. The Bertz CT molecular complexity index is 537. The minimum Gasteiger partial charge on any atom is -0.496 e. The number of nitrogens with zero attached hydrogens (tertiary/aromatic N) is 2. The standard InChI is InChI=1S/C12H14BrN3O/c1-8-5-12(14)16(15-8)7-9-3-4-11(17-2)10(13)6-9/h3-6H,7,14H2,1-2H3. The van der Waals surface area contributed by atoms with Crippen molar-refractivity contribution in [2.45, 2.75) is 13.5 Å². The van der Waals surface area contributed by atoms with E-state index < -0.39 is 0 Å². The van der Waals surface area contributed by atoms with Gasteiger partial charge in [0.05, 0.1) is 23.8 Å². The molecule has 4 nitrogen and oxygen atoms in total. The van der Waals surface area contributed by atoms with E-state index in [9.17, 15) is 0 Å². The lowest BCUT2D eigenvalue weighted by Crippen LogP contribution is -2.05.